The molecule has 2 heterocycles. The molecule has 2 aromatic rings. The first-order valence-corrected chi connectivity index (χ1v) is 8.30. The number of aromatic nitrogens is 2. The first-order valence-electron chi connectivity index (χ1n) is 8.30. The topological polar surface area (TPSA) is 84.5 Å². The second-order valence-corrected chi connectivity index (χ2v) is 7.36. The Morgan fingerprint density at radius 2 is 2.04 bits per heavy atom. The summed E-state index contributed by atoms with van der Waals surface area (Å²) in [6.07, 6.45) is 0.484. The second kappa shape index (κ2) is 6.38. The van der Waals surface area contributed by atoms with Crippen molar-refractivity contribution in [3.8, 4) is 0 Å². The number of hydrogen-bond donors (Lipinski definition) is 1. The molecule has 7 heteroatoms. The van der Waals surface area contributed by atoms with Crippen molar-refractivity contribution in [3.63, 3.8) is 0 Å². The maximum Gasteiger partial charge on any atom is 0.410 e. The van der Waals surface area contributed by atoms with Crippen molar-refractivity contribution < 1.29 is 19.1 Å². The number of carbonyl (C=O) groups excluding carboxylic acids is 2. The van der Waals surface area contributed by atoms with Crippen LogP contribution in [0.15, 0.2) is 18.2 Å². The van der Waals surface area contributed by atoms with Crippen molar-refractivity contribution in [3.05, 3.63) is 29.6 Å². The summed E-state index contributed by atoms with van der Waals surface area (Å²) in [6, 6.07) is 5.24. The van der Waals surface area contributed by atoms with Gasteiger partial charge in [-0.3, -0.25) is 0 Å². The molecule has 1 aromatic heterocycles. The molecule has 0 aliphatic carbocycles. The Morgan fingerprint density at radius 1 is 1.32 bits per heavy atom. The summed E-state index contributed by atoms with van der Waals surface area (Å²) < 4.78 is 10.1. The Balaban J connectivity index is 1.59. The van der Waals surface area contributed by atoms with E-state index in [1.165, 1.54) is 7.11 Å². The van der Waals surface area contributed by atoms with Crippen LogP contribution in [-0.4, -0.2) is 52.7 Å². The van der Waals surface area contributed by atoms with Gasteiger partial charge in [-0.25, -0.2) is 14.6 Å². The molecule has 0 atom stereocenters. The van der Waals surface area contributed by atoms with E-state index in [1.807, 2.05) is 20.8 Å². The number of hydrogen-bond acceptors (Lipinski definition) is 5. The molecule has 1 saturated heterocycles. The Bertz CT molecular complexity index is 800. The van der Waals surface area contributed by atoms with Crippen molar-refractivity contribution in [2.75, 3.05) is 20.2 Å². The first kappa shape index (κ1) is 17.3. The number of imidazole rings is 1. The van der Waals surface area contributed by atoms with E-state index < -0.39 is 5.60 Å². The molecule has 1 fully saturated rings. The summed E-state index contributed by atoms with van der Waals surface area (Å²) in [5, 5.41) is 0. The highest BCUT2D eigenvalue weighted by atomic mass is 16.6. The molecule has 1 aliphatic heterocycles. The molecule has 134 valence electrons. The second-order valence-electron chi connectivity index (χ2n) is 7.36. The lowest BCUT2D eigenvalue weighted by atomic mass is 9.97. The maximum atomic E-state index is 11.9. The molecule has 1 aliphatic rings. The van der Waals surface area contributed by atoms with Gasteiger partial charge in [-0.15, -0.1) is 0 Å². The van der Waals surface area contributed by atoms with Crippen LogP contribution in [0.5, 0.6) is 0 Å². The number of nitrogens with zero attached hydrogens (tertiary/aromatic N) is 2. The van der Waals surface area contributed by atoms with Crippen molar-refractivity contribution in [2.24, 2.45) is 5.92 Å². The van der Waals surface area contributed by atoms with Crippen molar-refractivity contribution in [1.29, 1.82) is 0 Å². The number of ether oxygens (including phenoxy) is 2. The molecule has 3 rings (SSSR count). The number of fused-ring (bicyclic) bond motifs is 1. The van der Waals surface area contributed by atoms with Gasteiger partial charge in [0.1, 0.15) is 11.4 Å². The third-order valence-electron chi connectivity index (χ3n) is 4.04. The van der Waals surface area contributed by atoms with Crippen LogP contribution in [0.25, 0.3) is 11.0 Å². The summed E-state index contributed by atoms with van der Waals surface area (Å²) in [7, 11) is 1.36. The molecule has 0 radical (unpaired) electrons. The van der Waals surface area contributed by atoms with Crippen LogP contribution in [0.1, 0.15) is 37.0 Å². The third-order valence-corrected chi connectivity index (χ3v) is 4.04. The molecule has 0 bridgehead atoms. The highest BCUT2D eigenvalue weighted by Gasteiger charge is 2.34. The van der Waals surface area contributed by atoms with Gasteiger partial charge in [0, 0.05) is 25.4 Å². The third kappa shape index (κ3) is 3.92. The number of rotatable bonds is 3. The largest absolute Gasteiger partial charge is 0.465 e. The molecule has 1 N–H and O–H groups in total. The maximum absolute atomic E-state index is 11.9. The Labute approximate surface area is 146 Å². The lowest BCUT2D eigenvalue weighted by molar-refractivity contribution is -0.00112. The zero-order chi connectivity index (χ0) is 18.2. The fourth-order valence-corrected chi connectivity index (χ4v) is 2.85. The average Bonchev–Trinajstić information content (AvgIpc) is 2.89. The standard InChI is InChI=1S/C18H23N3O4/c1-18(2,3)25-17(23)21-9-11(10-21)7-15-19-13-6-5-12(16(22)24-4)8-14(13)20-15/h5-6,8,11H,7,9-10H2,1-4H3,(H,19,20). The summed E-state index contributed by atoms with van der Waals surface area (Å²) in [6.45, 7) is 6.91. The number of methoxy groups -OCH3 is 1. The SMILES string of the molecule is COC(=O)c1ccc2nc(CC3CN(C(=O)OC(C)(C)C)C3)[nH]c2c1. The van der Waals surface area contributed by atoms with Crippen molar-refractivity contribution >= 4 is 23.1 Å². The number of likely N-dealkylation sites (tertiary alicyclic amines) is 1. The fraction of sp³-hybridized carbons (Fsp3) is 0.500. The lowest BCUT2D eigenvalue weighted by Crippen LogP contribution is -2.52. The molecule has 0 spiro atoms. The van der Waals surface area contributed by atoms with Gasteiger partial charge in [0.25, 0.3) is 0 Å². The van der Waals surface area contributed by atoms with Crippen LogP contribution in [0, 0.1) is 5.92 Å². The van der Waals surface area contributed by atoms with E-state index >= 15 is 0 Å². The summed E-state index contributed by atoms with van der Waals surface area (Å²) >= 11 is 0. The molecular formula is C18H23N3O4. The fourth-order valence-electron chi connectivity index (χ4n) is 2.85. The van der Waals surface area contributed by atoms with E-state index in [0.717, 1.165) is 23.3 Å². The highest BCUT2D eigenvalue weighted by molar-refractivity contribution is 5.93. The van der Waals surface area contributed by atoms with Gasteiger partial charge in [0.05, 0.1) is 23.7 Å². The molecule has 7 nitrogen and oxygen atoms in total. The van der Waals surface area contributed by atoms with Crippen LogP contribution in [-0.2, 0) is 15.9 Å². The Kier molecular flexibility index (Phi) is 4.41. The monoisotopic (exact) mass is 345 g/mol. The summed E-state index contributed by atoms with van der Waals surface area (Å²) in [5.41, 5.74) is 1.63. The first-order chi connectivity index (χ1) is 11.7. The molecule has 1 amide bonds. The predicted molar refractivity (Wildman–Crippen MR) is 92.4 cm³/mol. The Morgan fingerprint density at radius 3 is 2.68 bits per heavy atom. The van der Waals surface area contributed by atoms with E-state index in [4.69, 9.17) is 9.47 Å². The van der Waals surface area contributed by atoms with Gasteiger partial charge in [-0.1, -0.05) is 0 Å². The number of benzene rings is 1. The van der Waals surface area contributed by atoms with Crippen molar-refractivity contribution in [1.82, 2.24) is 14.9 Å². The van der Waals surface area contributed by atoms with E-state index in [9.17, 15) is 9.59 Å². The Hall–Kier alpha value is -2.57. The van der Waals surface area contributed by atoms with Crippen molar-refractivity contribution in [2.45, 2.75) is 32.8 Å². The van der Waals surface area contributed by atoms with E-state index in [-0.39, 0.29) is 12.1 Å². The normalized spacial score (nSPS) is 15.1. The minimum absolute atomic E-state index is 0.268. The molecule has 0 unspecified atom stereocenters. The summed E-state index contributed by atoms with van der Waals surface area (Å²) in [4.78, 5) is 33.0. The average molecular weight is 345 g/mol. The minimum atomic E-state index is -0.474. The van der Waals surface area contributed by atoms with Gasteiger partial charge in [0.2, 0.25) is 0 Å². The minimum Gasteiger partial charge on any atom is -0.465 e. The van der Waals surface area contributed by atoms with E-state index in [2.05, 4.69) is 9.97 Å². The molecule has 1 aromatic carbocycles. The lowest BCUT2D eigenvalue weighted by Gasteiger charge is -2.39. The van der Waals surface area contributed by atoms with E-state index in [1.54, 1.807) is 23.1 Å². The predicted octanol–water partition coefficient (Wildman–Crippen LogP) is 2.76. The van der Waals surface area contributed by atoms with Crippen LogP contribution in [0.2, 0.25) is 0 Å². The van der Waals surface area contributed by atoms with Crippen LogP contribution < -0.4 is 0 Å². The van der Waals surface area contributed by atoms with Crippen LogP contribution in [0.3, 0.4) is 0 Å². The van der Waals surface area contributed by atoms with Gasteiger partial charge in [-0.05, 0) is 39.0 Å². The zero-order valence-corrected chi connectivity index (χ0v) is 15.0. The van der Waals surface area contributed by atoms with Crippen LogP contribution in [0.4, 0.5) is 4.79 Å². The number of H-pyrrole nitrogens is 1. The van der Waals surface area contributed by atoms with Gasteiger partial charge in [-0.2, -0.15) is 0 Å². The van der Waals surface area contributed by atoms with E-state index in [0.29, 0.717) is 24.6 Å². The van der Waals surface area contributed by atoms with Gasteiger partial charge >= 0.3 is 12.1 Å². The summed E-state index contributed by atoms with van der Waals surface area (Å²) in [5.74, 6) is 0.837. The zero-order valence-electron chi connectivity index (χ0n) is 15.0. The molecule has 0 saturated carbocycles. The van der Waals surface area contributed by atoms with Gasteiger partial charge in [0.15, 0.2) is 0 Å². The van der Waals surface area contributed by atoms with Crippen LogP contribution >= 0.6 is 0 Å². The van der Waals surface area contributed by atoms with Gasteiger partial charge < -0.3 is 19.4 Å². The quantitative estimate of drug-likeness (QED) is 0.865. The number of carbonyl (C=O) groups is 2. The highest BCUT2D eigenvalue weighted by Crippen LogP contribution is 2.23. The molecule has 25 heavy (non-hydrogen) atoms. The number of aromatic amines is 1. The number of nitrogens with one attached hydrogen (secondary N) is 1. The molecular weight excluding hydrogens is 322 g/mol. The smallest absolute Gasteiger partial charge is 0.410 e. The number of amides is 1. The number of esters is 1.